The summed E-state index contributed by atoms with van der Waals surface area (Å²) in [6, 6.07) is 10.5. The molecule has 5 aromatic rings. The van der Waals surface area contributed by atoms with E-state index >= 15 is 0 Å². The lowest BCUT2D eigenvalue weighted by Crippen LogP contribution is -2.31. The zero-order valence-corrected chi connectivity index (χ0v) is 26.8. The molecule has 1 aliphatic heterocycles. The minimum Gasteiger partial charge on any atom is -0.456 e. The van der Waals surface area contributed by atoms with Gasteiger partial charge in [-0.3, -0.25) is 14.5 Å². The second-order valence-corrected chi connectivity index (χ2v) is 18.2. The minimum absolute atomic E-state index is 0.0764. The van der Waals surface area contributed by atoms with Crippen LogP contribution in [-0.2, 0) is 22.8 Å². The van der Waals surface area contributed by atoms with Crippen LogP contribution in [0.15, 0.2) is 48.9 Å². The number of ether oxygens (including phenoxy) is 2. The van der Waals surface area contributed by atoms with Crippen LogP contribution in [0.2, 0.25) is 30.7 Å². The third kappa shape index (κ3) is 6.58. The van der Waals surface area contributed by atoms with Crippen LogP contribution in [0, 0.1) is 6.92 Å². The fourth-order valence-electron chi connectivity index (χ4n) is 5.14. The van der Waals surface area contributed by atoms with Crippen molar-refractivity contribution in [3.63, 3.8) is 0 Å². The van der Waals surface area contributed by atoms with E-state index in [2.05, 4.69) is 39.3 Å². The maximum atomic E-state index is 12.5. The van der Waals surface area contributed by atoms with Gasteiger partial charge in [-0.1, -0.05) is 31.2 Å². The van der Waals surface area contributed by atoms with Gasteiger partial charge in [0.05, 0.1) is 34.6 Å². The van der Waals surface area contributed by atoms with Crippen LogP contribution < -0.4 is 4.74 Å². The maximum Gasteiger partial charge on any atom is 0.244 e. The second kappa shape index (κ2) is 12.1. The van der Waals surface area contributed by atoms with Crippen LogP contribution in [-0.4, -0.2) is 67.9 Å². The molecule has 4 heterocycles. The number of aromatic nitrogens is 6. The predicted molar refractivity (Wildman–Crippen MR) is 170 cm³/mol. The Morgan fingerprint density at radius 3 is 2.63 bits per heavy atom. The van der Waals surface area contributed by atoms with Crippen LogP contribution >= 0.6 is 11.6 Å². The third-order valence-electron chi connectivity index (χ3n) is 7.66. The topological polar surface area (TPSA) is 100 Å². The molecule has 43 heavy (non-hydrogen) atoms. The first-order chi connectivity index (χ1) is 20.6. The van der Waals surface area contributed by atoms with Gasteiger partial charge in [-0.25, -0.2) is 9.97 Å². The number of halogens is 1. The van der Waals surface area contributed by atoms with E-state index in [4.69, 9.17) is 26.1 Å². The molecule has 0 saturated carbocycles. The highest BCUT2D eigenvalue weighted by Gasteiger charge is 2.19. The van der Waals surface area contributed by atoms with Gasteiger partial charge < -0.3 is 18.9 Å². The Morgan fingerprint density at radius 2 is 1.84 bits per heavy atom. The number of hydrogen-bond acceptors (Lipinski definition) is 7. The summed E-state index contributed by atoms with van der Waals surface area (Å²) < 4.78 is 16.0. The quantitative estimate of drug-likeness (QED) is 0.130. The molecule has 0 radical (unpaired) electrons. The summed E-state index contributed by atoms with van der Waals surface area (Å²) in [7, 11) is -1.17. The highest BCUT2D eigenvalue weighted by molar-refractivity contribution is 6.76. The number of carbonyl (C=O) groups is 1. The van der Waals surface area contributed by atoms with Crippen molar-refractivity contribution in [1.82, 2.24) is 34.2 Å². The summed E-state index contributed by atoms with van der Waals surface area (Å²) in [5.41, 5.74) is 4.35. The Morgan fingerprint density at radius 1 is 1.05 bits per heavy atom. The summed E-state index contributed by atoms with van der Waals surface area (Å²) in [4.78, 5) is 28.5. The Bertz CT molecular complexity index is 1790. The fraction of sp³-hybridized carbons (Fsp3) is 0.387. The first-order valence-electron chi connectivity index (χ1n) is 14.6. The van der Waals surface area contributed by atoms with Crippen LogP contribution in [0.4, 0.5) is 0 Å². The summed E-state index contributed by atoms with van der Waals surface area (Å²) in [5.74, 6) is 2.06. The smallest absolute Gasteiger partial charge is 0.244 e. The lowest BCUT2D eigenvalue weighted by Gasteiger charge is -2.16. The molecule has 12 heteroatoms. The molecule has 0 aliphatic carbocycles. The normalized spacial score (nSPS) is 13.8. The van der Waals surface area contributed by atoms with Crippen LogP contribution in [0.3, 0.4) is 0 Å². The van der Waals surface area contributed by atoms with Crippen LogP contribution in [0.1, 0.15) is 18.7 Å². The van der Waals surface area contributed by atoms with Gasteiger partial charge in [0, 0.05) is 45.6 Å². The van der Waals surface area contributed by atoms with Gasteiger partial charge in [0.15, 0.2) is 0 Å². The zero-order valence-electron chi connectivity index (χ0n) is 25.0. The Labute approximate surface area is 256 Å². The highest BCUT2D eigenvalue weighted by atomic mass is 35.5. The van der Waals surface area contributed by atoms with E-state index < -0.39 is 8.07 Å². The van der Waals surface area contributed by atoms with Gasteiger partial charge in [-0.15, -0.1) is 0 Å². The van der Waals surface area contributed by atoms with Crippen LogP contribution in [0.25, 0.3) is 33.3 Å². The monoisotopic (exact) mass is 617 g/mol. The van der Waals surface area contributed by atoms with Crippen molar-refractivity contribution in [2.24, 2.45) is 0 Å². The molecule has 10 nitrogen and oxygen atoms in total. The van der Waals surface area contributed by atoms with Gasteiger partial charge in [0.2, 0.25) is 5.91 Å². The van der Waals surface area contributed by atoms with E-state index in [1.807, 2.05) is 42.3 Å². The number of benzene rings is 2. The standard InChI is InChI=1S/C31H36ClN7O3Si/c1-21-35-24-8-7-23(15-27(24)39(21)20-41-13-14-43(2,3)4)42-28-10-9-25-31(30(28)32)36-26(17-33-25)22-16-34-38(18-22)19-29(40)37-11-5-6-12-37/h7-10,15-18H,5-6,11-14,19-20H2,1-4H3. The summed E-state index contributed by atoms with van der Waals surface area (Å²) >= 11 is 6.84. The molecule has 6 rings (SSSR count). The number of nitrogens with zero attached hydrogens (tertiary/aromatic N) is 7. The lowest BCUT2D eigenvalue weighted by molar-refractivity contribution is -0.130. The van der Waals surface area contributed by atoms with E-state index in [9.17, 15) is 4.79 Å². The number of likely N-dealkylation sites (tertiary alicyclic amines) is 1. The number of aryl methyl sites for hydroxylation is 1. The van der Waals surface area contributed by atoms with Crippen molar-refractivity contribution in [3.05, 3.63) is 59.8 Å². The molecule has 2 aromatic carbocycles. The highest BCUT2D eigenvalue weighted by Crippen LogP contribution is 2.36. The number of rotatable bonds is 10. The molecule has 1 amide bonds. The maximum absolute atomic E-state index is 12.5. The van der Waals surface area contributed by atoms with Crippen molar-refractivity contribution in [3.8, 4) is 22.8 Å². The van der Waals surface area contributed by atoms with Crippen LogP contribution in [0.5, 0.6) is 11.5 Å². The van der Waals surface area contributed by atoms with E-state index in [1.165, 1.54) is 0 Å². The minimum atomic E-state index is -1.17. The average molecular weight is 618 g/mol. The van der Waals surface area contributed by atoms with Gasteiger partial charge in [0.25, 0.3) is 0 Å². The number of carbonyl (C=O) groups excluding carboxylic acids is 1. The van der Waals surface area contributed by atoms with E-state index in [1.54, 1.807) is 23.1 Å². The Balaban J connectivity index is 1.21. The molecular formula is C31H36ClN7O3Si. The third-order valence-corrected chi connectivity index (χ3v) is 9.73. The molecule has 3 aromatic heterocycles. The van der Waals surface area contributed by atoms with Gasteiger partial charge in [0.1, 0.15) is 41.1 Å². The van der Waals surface area contributed by atoms with Gasteiger partial charge >= 0.3 is 0 Å². The Hall–Kier alpha value is -3.80. The first-order valence-corrected chi connectivity index (χ1v) is 18.7. The average Bonchev–Trinajstić information content (AvgIpc) is 3.73. The molecule has 1 fully saturated rings. The predicted octanol–water partition coefficient (Wildman–Crippen LogP) is 6.53. The lowest BCUT2D eigenvalue weighted by atomic mass is 10.2. The summed E-state index contributed by atoms with van der Waals surface area (Å²) in [5, 5.41) is 4.74. The van der Waals surface area contributed by atoms with Crippen molar-refractivity contribution in [2.45, 2.75) is 58.7 Å². The first kappa shape index (κ1) is 29.3. The summed E-state index contributed by atoms with van der Waals surface area (Å²) in [6.45, 7) is 12.0. The molecule has 224 valence electrons. The van der Waals surface area contributed by atoms with E-state index in [-0.39, 0.29) is 12.5 Å². The van der Waals surface area contributed by atoms with Crippen molar-refractivity contribution < 1.29 is 14.3 Å². The van der Waals surface area contributed by atoms with E-state index in [0.29, 0.717) is 40.0 Å². The van der Waals surface area contributed by atoms with Crippen molar-refractivity contribution >= 4 is 47.6 Å². The fourth-order valence-corrected chi connectivity index (χ4v) is 6.14. The van der Waals surface area contributed by atoms with Crippen molar-refractivity contribution in [2.75, 3.05) is 19.7 Å². The zero-order chi connectivity index (χ0) is 30.1. The largest absolute Gasteiger partial charge is 0.456 e. The van der Waals surface area contributed by atoms with Gasteiger partial charge in [-0.2, -0.15) is 5.10 Å². The molecule has 0 atom stereocenters. The molecule has 1 saturated heterocycles. The molecule has 0 N–H and O–H groups in total. The number of amides is 1. The summed E-state index contributed by atoms with van der Waals surface area (Å²) in [6.07, 6.45) is 7.31. The molecular weight excluding hydrogens is 582 g/mol. The van der Waals surface area contributed by atoms with Gasteiger partial charge in [-0.05, 0) is 50.1 Å². The number of fused-ring (bicyclic) bond motifs is 2. The molecule has 1 aliphatic rings. The second-order valence-electron chi connectivity index (χ2n) is 12.2. The molecule has 0 bridgehead atoms. The van der Waals surface area contributed by atoms with Crippen molar-refractivity contribution in [1.29, 1.82) is 0 Å². The number of imidazole rings is 1. The number of hydrogen-bond donors (Lipinski definition) is 0. The van der Waals surface area contributed by atoms with E-state index in [0.717, 1.165) is 61.0 Å². The molecule has 0 unspecified atom stereocenters. The molecule has 0 spiro atoms. The Kier molecular flexibility index (Phi) is 8.21. The SMILES string of the molecule is Cc1nc2ccc(Oc3ccc4ncc(-c5cnn(CC(=O)N6CCCC6)c5)nc4c3Cl)cc2n1COCC[Si](C)(C)C.